The van der Waals surface area contributed by atoms with Crippen LogP contribution in [-0.4, -0.2) is 78.5 Å². The highest BCUT2D eigenvalue weighted by atomic mass is 16.3. The third kappa shape index (κ3) is 5.76. The summed E-state index contributed by atoms with van der Waals surface area (Å²) in [6.45, 7) is -0.178. The van der Waals surface area contributed by atoms with Gasteiger partial charge >= 0.3 is 0 Å². The highest BCUT2D eigenvalue weighted by Crippen LogP contribution is 2.21. The second-order valence-electron chi connectivity index (χ2n) is 6.78. The molecule has 3 N–H and O–H groups in total. The molecule has 1 aromatic carbocycles. The van der Waals surface area contributed by atoms with Crippen molar-refractivity contribution in [3.8, 4) is 0 Å². The normalized spacial score (nSPS) is 11.3. The fourth-order valence-corrected chi connectivity index (χ4v) is 2.45. The molecule has 0 unspecified atom stereocenters. The quantitative estimate of drug-likeness (QED) is 0.632. The number of pyridine rings is 1. The lowest BCUT2D eigenvalue weighted by Crippen LogP contribution is -2.42. The Bertz CT molecular complexity index is 881. The number of nitrogens with one attached hydrogen (secondary N) is 2. The van der Waals surface area contributed by atoms with E-state index in [0.717, 1.165) is 0 Å². The third-order valence-corrected chi connectivity index (χ3v) is 4.07. The van der Waals surface area contributed by atoms with E-state index in [1.165, 1.54) is 30.1 Å². The lowest BCUT2D eigenvalue weighted by atomic mass is 10.1. The molecule has 0 radical (unpaired) electrons. The fraction of sp³-hybridized carbons (Fsp3) is 0.300. The number of carbonyl (C=O) groups excluding carboxylic acids is 3. The van der Waals surface area contributed by atoms with E-state index in [-0.39, 0.29) is 12.5 Å². The maximum Gasteiger partial charge on any atom is 0.257 e. The number of hydrogen-bond donors (Lipinski definition) is 3. The smallest absolute Gasteiger partial charge is 0.257 e. The van der Waals surface area contributed by atoms with E-state index < -0.39 is 17.9 Å². The van der Waals surface area contributed by atoms with Gasteiger partial charge in [0, 0.05) is 51.8 Å². The number of carbonyl (C=O) groups is 3. The second kappa shape index (κ2) is 9.65. The van der Waals surface area contributed by atoms with Crippen molar-refractivity contribution in [3.05, 3.63) is 53.9 Å². The van der Waals surface area contributed by atoms with Crippen LogP contribution in [-0.2, 0) is 4.79 Å². The molecule has 2 rings (SSSR count). The molecule has 0 aliphatic heterocycles. The topological polar surface area (TPSA) is 115 Å². The van der Waals surface area contributed by atoms with E-state index in [1.54, 1.807) is 50.6 Å². The van der Waals surface area contributed by atoms with Crippen LogP contribution in [0.25, 0.3) is 0 Å². The number of benzene rings is 1. The maximum absolute atomic E-state index is 12.3. The largest absolute Gasteiger partial charge is 0.381 e. The average Bonchev–Trinajstić information content (AvgIpc) is 2.71. The van der Waals surface area contributed by atoms with E-state index in [1.807, 2.05) is 0 Å². The molecule has 2 aromatic rings. The van der Waals surface area contributed by atoms with Crippen LogP contribution in [0.4, 0.5) is 11.4 Å². The summed E-state index contributed by atoms with van der Waals surface area (Å²) in [5.41, 5.74) is 2.09. The monoisotopic (exact) mass is 399 g/mol. The second-order valence-corrected chi connectivity index (χ2v) is 6.78. The van der Waals surface area contributed by atoms with Crippen molar-refractivity contribution >= 4 is 29.1 Å². The molecular weight excluding hydrogens is 374 g/mol. The Morgan fingerprint density at radius 1 is 1.03 bits per heavy atom. The Balaban J connectivity index is 2.03. The van der Waals surface area contributed by atoms with E-state index in [2.05, 4.69) is 15.6 Å². The molecule has 0 saturated heterocycles. The summed E-state index contributed by atoms with van der Waals surface area (Å²) in [7, 11) is 6.38. The molecule has 29 heavy (non-hydrogen) atoms. The molecule has 9 heteroatoms. The lowest BCUT2D eigenvalue weighted by molar-refractivity contribution is -0.137. The molecule has 154 valence electrons. The Hall–Kier alpha value is -3.46. The van der Waals surface area contributed by atoms with Gasteiger partial charge < -0.3 is 25.5 Å². The van der Waals surface area contributed by atoms with Crippen LogP contribution in [0.2, 0.25) is 0 Å². The van der Waals surface area contributed by atoms with Gasteiger partial charge in [-0.3, -0.25) is 19.4 Å². The summed E-state index contributed by atoms with van der Waals surface area (Å²) in [5.74, 6) is -1.07. The Morgan fingerprint density at radius 3 is 2.28 bits per heavy atom. The van der Waals surface area contributed by atoms with E-state index in [9.17, 15) is 19.5 Å². The van der Waals surface area contributed by atoms with Crippen LogP contribution >= 0.6 is 0 Å². The first kappa shape index (κ1) is 21.8. The number of aliphatic hydroxyl groups excluding tert-OH is 1. The van der Waals surface area contributed by atoms with Crippen molar-refractivity contribution in [2.24, 2.45) is 0 Å². The molecule has 1 atom stereocenters. The molecule has 9 nitrogen and oxygen atoms in total. The molecule has 0 aliphatic carbocycles. The first-order chi connectivity index (χ1) is 13.7. The van der Waals surface area contributed by atoms with Crippen LogP contribution < -0.4 is 10.6 Å². The molecule has 3 amide bonds. The van der Waals surface area contributed by atoms with Crippen molar-refractivity contribution in [2.45, 2.75) is 6.10 Å². The predicted octanol–water partition coefficient (Wildman–Crippen LogP) is 0.706. The minimum absolute atomic E-state index is 0.178. The summed E-state index contributed by atoms with van der Waals surface area (Å²) >= 11 is 0. The van der Waals surface area contributed by atoms with Crippen molar-refractivity contribution in [3.63, 3.8) is 0 Å². The number of anilines is 2. The van der Waals surface area contributed by atoms with Gasteiger partial charge in [-0.15, -0.1) is 0 Å². The third-order valence-electron chi connectivity index (χ3n) is 4.07. The summed E-state index contributed by atoms with van der Waals surface area (Å²) < 4.78 is 0. The van der Waals surface area contributed by atoms with Gasteiger partial charge in [-0.25, -0.2) is 0 Å². The van der Waals surface area contributed by atoms with Crippen LogP contribution in [0, 0.1) is 0 Å². The minimum atomic E-state index is -1.30. The molecule has 0 spiro atoms. The number of aromatic nitrogens is 1. The molecule has 0 aliphatic rings. The van der Waals surface area contributed by atoms with Gasteiger partial charge in [0.1, 0.15) is 6.10 Å². The van der Waals surface area contributed by atoms with Crippen molar-refractivity contribution in [1.29, 1.82) is 0 Å². The van der Waals surface area contributed by atoms with Gasteiger partial charge in [-0.2, -0.15) is 0 Å². The summed E-state index contributed by atoms with van der Waals surface area (Å²) in [5, 5.41) is 15.4. The number of rotatable bonds is 7. The SMILES string of the molecule is CN(C)C(=O)c1cnccc1Nc1ccc(C(=O)NC[C@@H](O)C(=O)N(C)C)cc1. The first-order valence-corrected chi connectivity index (χ1v) is 8.91. The fourth-order valence-electron chi connectivity index (χ4n) is 2.45. The van der Waals surface area contributed by atoms with E-state index in [0.29, 0.717) is 22.5 Å². The van der Waals surface area contributed by atoms with Crippen LogP contribution in [0.15, 0.2) is 42.7 Å². The zero-order chi connectivity index (χ0) is 21.6. The standard InChI is InChI=1S/C20H25N5O4/c1-24(2)19(28)15-11-21-10-9-16(15)23-14-7-5-13(6-8-14)18(27)22-12-17(26)20(29)25(3)4/h5-11,17,26H,12H2,1-4H3,(H,21,23)(H,22,27)/t17-/m1/s1. The van der Waals surface area contributed by atoms with Gasteiger partial charge in [0.2, 0.25) is 0 Å². The molecule has 1 aromatic heterocycles. The van der Waals surface area contributed by atoms with Crippen molar-refractivity contribution in [1.82, 2.24) is 20.1 Å². The number of amides is 3. The maximum atomic E-state index is 12.3. The molecule has 1 heterocycles. The molecule has 0 bridgehead atoms. The van der Waals surface area contributed by atoms with Gasteiger partial charge in [0.15, 0.2) is 0 Å². The number of likely N-dealkylation sites (N-methyl/N-ethyl adjacent to an activating group) is 1. The summed E-state index contributed by atoms with van der Waals surface area (Å²) in [4.78, 5) is 42.8. The zero-order valence-electron chi connectivity index (χ0n) is 16.8. The van der Waals surface area contributed by atoms with Gasteiger partial charge in [-0.1, -0.05) is 0 Å². The van der Waals surface area contributed by atoms with Gasteiger partial charge in [0.05, 0.1) is 17.8 Å². The number of aliphatic hydroxyl groups is 1. The molecule has 0 fully saturated rings. The van der Waals surface area contributed by atoms with Gasteiger partial charge in [-0.05, 0) is 30.3 Å². The Kier molecular flexibility index (Phi) is 7.27. The van der Waals surface area contributed by atoms with E-state index >= 15 is 0 Å². The Morgan fingerprint density at radius 2 is 1.69 bits per heavy atom. The van der Waals surface area contributed by atoms with Crippen molar-refractivity contribution in [2.75, 3.05) is 40.1 Å². The first-order valence-electron chi connectivity index (χ1n) is 8.91. The summed E-state index contributed by atoms with van der Waals surface area (Å²) in [6, 6.07) is 8.29. The highest BCUT2D eigenvalue weighted by molar-refractivity contribution is 6.00. The summed E-state index contributed by atoms with van der Waals surface area (Å²) in [6.07, 6.45) is 1.78. The zero-order valence-corrected chi connectivity index (χ0v) is 16.8. The van der Waals surface area contributed by atoms with E-state index in [4.69, 9.17) is 0 Å². The molecule has 0 saturated carbocycles. The average molecular weight is 399 g/mol. The van der Waals surface area contributed by atoms with Crippen LogP contribution in [0.1, 0.15) is 20.7 Å². The number of nitrogens with zero attached hydrogens (tertiary/aromatic N) is 3. The van der Waals surface area contributed by atoms with Gasteiger partial charge in [0.25, 0.3) is 17.7 Å². The van der Waals surface area contributed by atoms with Crippen molar-refractivity contribution < 1.29 is 19.5 Å². The lowest BCUT2D eigenvalue weighted by Gasteiger charge is -2.16. The minimum Gasteiger partial charge on any atom is -0.381 e. The van der Waals surface area contributed by atoms with Crippen LogP contribution in [0.3, 0.4) is 0 Å². The predicted molar refractivity (Wildman–Crippen MR) is 109 cm³/mol. The number of hydrogen-bond acceptors (Lipinski definition) is 6. The van der Waals surface area contributed by atoms with Crippen LogP contribution in [0.5, 0.6) is 0 Å². The Labute approximate surface area is 169 Å². The highest BCUT2D eigenvalue weighted by Gasteiger charge is 2.18. The molecular formula is C20H25N5O4.